The topological polar surface area (TPSA) is 38.1 Å². The van der Waals surface area contributed by atoms with Gasteiger partial charge in [0.2, 0.25) is 0 Å². The summed E-state index contributed by atoms with van der Waals surface area (Å²) in [5.74, 6) is 0. The molecule has 0 saturated heterocycles. The molecule has 0 saturated carbocycles. The summed E-state index contributed by atoms with van der Waals surface area (Å²) in [7, 11) is 1.95. The lowest BCUT2D eigenvalue weighted by Crippen LogP contribution is -2.06. The van der Waals surface area contributed by atoms with Gasteiger partial charge in [-0.25, -0.2) is 4.98 Å². The molecule has 84 valence electrons. The van der Waals surface area contributed by atoms with Gasteiger partial charge in [-0.05, 0) is 37.4 Å². The quantitative estimate of drug-likeness (QED) is 0.882. The molecule has 2 rings (SSSR count). The van der Waals surface area contributed by atoms with Crippen LogP contribution in [0, 0.1) is 6.92 Å². The maximum atomic E-state index is 5.23. The predicted octanol–water partition coefficient (Wildman–Crippen LogP) is 2.85. The molecule has 1 aromatic heterocycles. The van der Waals surface area contributed by atoms with Crippen molar-refractivity contribution in [1.82, 2.24) is 10.3 Å². The Morgan fingerprint density at radius 1 is 1.44 bits per heavy atom. The first-order valence-corrected chi connectivity index (χ1v) is 5.92. The van der Waals surface area contributed by atoms with Crippen LogP contribution in [-0.4, -0.2) is 12.0 Å². The Hall–Kier alpha value is -1.26. The van der Waals surface area contributed by atoms with E-state index < -0.39 is 0 Å². The third kappa shape index (κ3) is 2.65. The zero-order valence-corrected chi connectivity index (χ0v) is 10.2. The van der Waals surface area contributed by atoms with Gasteiger partial charge in [0.05, 0.1) is 6.20 Å². The molecule has 0 unspecified atom stereocenters. The van der Waals surface area contributed by atoms with E-state index in [2.05, 4.69) is 35.4 Å². The molecule has 0 radical (unpaired) electrons. The molecule has 2 aromatic rings. The molecular weight excluding hydrogens is 220 g/mol. The molecule has 4 heteroatoms. The number of benzene rings is 1. The van der Waals surface area contributed by atoms with E-state index in [4.69, 9.17) is 4.42 Å². The second-order valence-electron chi connectivity index (χ2n) is 3.54. The van der Waals surface area contributed by atoms with E-state index in [0.29, 0.717) is 5.22 Å². The lowest BCUT2D eigenvalue weighted by Gasteiger charge is -2.07. The van der Waals surface area contributed by atoms with Gasteiger partial charge in [0.1, 0.15) is 6.26 Å². The van der Waals surface area contributed by atoms with Crippen molar-refractivity contribution < 1.29 is 4.42 Å². The molecule has 16 heavy (non-hydrogen) atoms. The van der Waals surface area contributed by atoms with Crippen LogP contribution >= 0.6 is 11.8 Å². The number of nitrogens with zero attached hydrogens (tertiary/aromatic N) is 1. The molecule has 0 spiro atoms. The van der Waals surface area contributed by atoms with Gasteiger partial charge in [-0.15, -0.1) is 0 Å². The third-order valence-corrected chi connectivity index (χ3v) is 3.18. The first-order chi connectivity index (χ1) is 7.79. The van der Waals surface area contributed by atoms with Crippen LogP contribution in [0.2, 0.25) is 0 Å². The molecular formula is C12H14N2OS. The highest BCUT2D eigenvalue weighted by molar-refractivity contribution is 7.99. The Morgan fingerprint density at radius 3 is 3.00 bits per heavy atom. The maximum absolute atomic E-state index is 5.23. The third-order valence-electron chi connectivity index (χ3n) is 2.19. The van der Waals surface area contributed by atoms with Gasteiger partial charge in [0.25, 0.3) is 5.22 Å². The van der Waals surface area contributed by atoms with Gasteiger partial charge in [0.15, 0.2) is 0 Å². The number of hydrogen-bond donors (Lipinski definition) is 1. The van der Waals surface area contributed by atoms with E-state index in [1.54, 1.807) is 24.2 Å². The Balaban J connectivity index is 2.25. The molecule has 0 aliphatic heterocycles. The van der Waals surface area contributed by atoms with E-state index in [9.17, 15) is 0 Å². The highest BCUT2D eigenvalue weighted by Crippen LogP contribution is 2.29. The van der Waals surface area contributed by atoms with E-state index in [-0.39, 0.29) is 0 Å². The lowest BCUT2D eigenvalue weighted by atomic mass is 10.1. The summed E-state index contributed by atoms with van der Waals surface area (Å²) in [5, 5.41) is 3.85. The average molecular weight is 234 g/mol. The van der Waals surface area contributed by atoms with Crippen molar-refractivity contribution in [3.63, 3.8) is 0 Å². The summed E-state index contributed by atoms with van der Waals surface area (Å²) in [6.07, 6.45) is 3.25. The van der Waals surface area contributed by atoms with Gasteiger partial charge in [-0.3, -0.25) is 0 Å². The number of aryl methyl sites for hydroxylation is 1. The fourth-order valence-electron chi connectivity index (χ4n) is 1.49. The smallest absolute Gasteiger partial charge is 0.260 e. The van der Waals surface area contributed by atoms with E-state index in [0.717, 1.165) is 6.54 Å². The molecule has 1 N–H and O–H groups in total. The normalized spacial score (nSPS) is 10.6. The molecule has 0 fully saturated rings. The fraction of sp³-hybridized carbons (Fsp3) is 0.250. The number of aromatic nitrogens is 1. The highest BCUT2D eigenvalue weighted by atomic mass is 32.2. The van der Waals surface area contributed by atoms with Crippen molar-refractivity contribution in [2.24, 2.45) is 0 Å². The summed E-state index contributed by atoms with van der Waals surface area (Å²) in [4.78, 5) is 5.29. The standard InChI is InChI=1S/C12H14N2OS/c1-9-3-4-11(10(7-9)8-13-2)16-12-14-5-6-15-12/h3-7,13H,8H2,1-2H3. The first kappa shape index (κ1) is 11.2. The van der Waals surface area contributed by atoms with E-state index in [1.807, 2.05) is 7.05 Å². The maximum Gasteiger partial charge on any atom is 0.260 e. The fourth-order valence-corrected chi connectivity index (χ4v) is 2.29. The monoisotopic (exact) mass is 234 g/mol. The molecule has 0 amide bonds. The first-order valence-electron chi connectivity index (χ1n) is 5.11. The van der Waals surface area contributed by atoms with E-state index >= 15 is 0 Å². The zero-order chi connectivity index (χ0) is 11.4. The van der Waals surface area contributed by atoms with E-state index in [1.165, 1.54) is 16.0 Å². The van der Waals surface area contributed by atoms with Crippen molar-refractivity contribution in [3.8, 4) is 0 Å². The van der Waals surface area contributed by atoms with Crippen LogP contribution in [0.15, 0.2) is 45.2 Å². The Labute approximate surface area is 99.3 Å². The predicted molar refractivity (Wildman–Crippen MR) is 64.6 cm³/mol. The second-order valence-corrected chi connectivity index (χ2v) is 4.53. The molecule has 3 nitrogen and oxygen atoms in total. The number of hydrogen-bond acceptors (Lipinski definition) is 4. The Morgan fingerprint density at radius 2 is 2.31 bits per heavy atom. The molecule has 0 aliphatic rings. The van der Waals surface area contributed by atoms with Crippen LogP contribution < -0.4 is 5.32 Å². The van der Waals surface area contributed by atoms with Crippen molar-refractivity contribution in [2.75, 3.05) is 7.05 Å². The van der Waals surface area contributed by atoms with Crippen LogP contribution in [0.3, 0.4) is 0 Å². The molecule has 0 bridgehead atoms. The van der Waals surface area contributed by atoms with Crippen LogP contribution in [0.4, 0.5) is 0 Å². The van der Waals surface area contributed by atoms with Gasteiger partial charge in [-0.2, -0.15) is 0 Å². The largest absolute Gasteiger partial charge is 0.440 e. The summed E-state index contributed by atoms with van der Waals surface area (Å²) < 4.78 is 5.23. The van der Waals surface area contributed by atoms with Gasteiger partial charge in [-0.1, -0.05) is 17.7 Å². The van der Waals surface area contributed by atoms with Crippen molar-refractivity contribution in [1.29, 1.82) is 0 Å². The van der Waals surface area contributed by atoms with Crippen LogP contribution in [0.1, 0.15) is 11.1 Å². The summed E-state index contributed by atoms with van der Waals surface area (Å²) in [5.41, 5.74) is 2.53. The molecule has 0 atom stereocenters. The zero-order valence-electron chi connectivity index (χ0n) is 9.36. The Bertz CT molecular complexity index is 454. The number of nitrogens with one attached hydrogen (secondary N) is 1. The molecule has 1 heterocycles. The minimum Gasteiger partial charge on any atom is -0.440 e. The van der Waals surface area contributed by atoms with Crippen LogP contribution in [0.5, 0.6) is 0 Å². The minimum absolute atomic E-state index is 0.682. The molecule has 1 aromatic carbocycles. The number of rotatable bonds is 4. The molecule has 0 aliphatic carbocycles. The second kappa shape index (κ2) is 5.18. The van der Waals surface area contributed by atoms with Crippen molar-refractivity contribution >= 4 is 11.8 Å². The van der Waals surface area contributed by atoms with Crippen molar-refractivity contribution in [2.45, 2.75) is 23.6 Å². The highest BCUT2D eigenvalue weighted by Gasteiger charge is 2.06. The Kier molecular flexibility index (Phi) is 3.64. The average Bonchev–Trinajstić information content (AvgIpc) is 2.75. The van der Waals surface area contributed by atoms with Crippen LogP contribution in [0.25, 0.3) is 0 Å². The summed E-state index contributed by atoms with van der Waals surface area (Å²) >= 11 is 1.55. The SMILES string of the molecule is CNCc1cc(C)ccc1Sc1ncco1. The van der Waals surface area contributed by atoms with Gasteiger partial charge >= 0.3 is 0 Å². The summed E-state index contributed by atoms with van der Waals surface area (Å²) in [6.45, 7) is 2.95. The van der Waals surface area contributed by atoms with Gasteiger partial charge < -0.3 is 9.73 Å². The van der Waals surface area contributed by atoms with Crippen molar-refractivity contribution in [3.05, 3.63) is 41.8 Å². The van der Waals surface area contributed by atoms with Crippen LogP contribution in [-0.2, 0) is 6.54 Å². The van der Waals surface area contributed by atoms with Gasteiger partial charge in [0, 0.05) is 11.4 Å². The minimum atomic E-state index is 0.682. The number of oxazole rings is 1. The summed E-state index contributed by atoms with van der Waals surface area (Å²) in [6, 6.07) is 6.39. The lowest BCUT2D eigenvalue weighted by molar-refractivity contribution is 0.454.